The maximum Gasteiger partial charge on any atom is 0.229 e. The Bertz CT molecular complexity index is 351. The first-order chi connectivity index (χ1) is 10.1. The van der Waals surface area contributed by atoms with Crippen molar-refractivity contribution in [2.24, 2.45) is 11.8 Å². The molecule has 2 amide bonds. The van der Waals surface area contributed by atoms with Crippen molar-refractivity contribution < 1.29 is 14.4 Å². The Hall–Kier alpha value is -0.840. The van der Waals surface area contributed by atoms with Crippen LogP contribution in [-0.2, 0) is 14.4 Å². The number of rotatable bonds is 9. The molecule has 21 heavy (non-hydrogen) atoms. The minimum absolute atomic E-state index is 0.0673. The van der Waals surface area contributed by atoms with Gasteiger partial charge in [-0.2, -0.15) is 11.8 Å². The molecule has 0 saturated heterocycles. The summed E-state index contributed by atoms with van der Waals surface area (Å²) in [5, 5.41) is 0. The van der Waals surface area contributed by atoms with Gasteiger partial charge in [-0.25, -0.2) is 0 Å². The van der Waals surface area contributed by atoms with Crippen molar-refractivity contribution in [3.63, 3.8) is 0 Å². The molecule has 0 atom stereocenters. The average molecular weight is 313 g/mol. The Morgan fingerprint density at radius 3 is 2.38 bits per heavy atom. The quantitative estimate of drug-likeness (QED) is 0.485. The van der Waals surface area contributed by atoms with E-state index in [1.807, 2.05) is 0 Å². The summed E-state index contributed by atoms with van der Waals surface area (Å²) in [5.41, 5.74) is 0. The molecule has 4 nitrogen and oxygen atoms in total. The number of ketones is 1. The van der Waals surface area contributed by atoms with Crippen LogP contribution in [0.1, 0.15) is 52.4 Å². The third-order valence-corrected chi connectivity index (χ3v) is 5.32. The van der Waals surface area contributed by atoms with E-state index in [0.29, 0.717) is 25.3 Å². The second-order valence-electron chi connectivity index (χ2n) is 5.84. The molecule has 1 fully saturated rings. The molecule has 0 aromatic heterocycles. The highest BCUT2D eigenvalue weighted by Gasteiger charge is 2.26. The zero-order valence-corrected chi connectivity index (χ0v) is 14.0. The molecule has 0 unspecified atom stereocenters. The van der Waals surface area contributed by atoms with Gasteiger partial charge in [0.2, 0.25) is 12.3 Å². The predicted octanol–water partition coefficient (Wildman–Crippen LogP) is 2.90. The third-order valence-electron chi connectivity index (χ3n) is 4.13. The summed E-state index contributed by atoms with van der Waals surface area (Å²) in [7, 11) is 0. The van der Waals surface area contributed by atoms with Gasteiger partial charge in [-0.3, -0.25) is 19.3 Å². The minimum atomic E-state index is -0.0673. The van der Waals surface area contributed by atoms with Gasteiger partial charge in [0.15, 0.2) is 0 Å². The van der Waals surface area contributed by atoms with E-state index in [4.69, 9.17) is 0 Å². The van der Waals surface area contributed by atoms with E-state index in [1.165, 1.54) is 4.90 Å². The lowest BCUT2D eigenvalue weighted by Crippen LogP contribution is -2.36. The first kappa shape index (κ1) is 18.2. The molecule has 0 N–H and O–H groups in total. The highest BCUT2D eigenvalue weighted by Crippen LogP contribution is 2.29. The third kappa shape index (κ3) is 6.64. The van der Waals surface area contributed by atoms with Crippen LogP contribution < -0.4 is 0 Å². The van der Waals surface area contributed by atoms with Crippen molar-refractivity contribution >= 4 is 29.9 Å². The van der Waals surface area contributed by atoms with Gasteiger partial charge in [-0.05, 0) is 50.7 Å². The van der Waals surface area contributed by atoms with Crippen LogP contribution in [0.15, 0.2) is 0 Å². The second-order valence-corrected chi connectivity index (χ2v) is 7.07. The summed E-state index contributed by atoms with van der Waals surface area (Å²) in [6.45, 7) is 4.29. The molecule has 0 radical (unpaired) electrons. The van der Waals surface area contributed by atoms with E-state index in [1.54, 1.807) is 18.7 Å². The smallest absolute Gasteiger partial charge is 0.229 e. The van der Waals surface area contributed by atoms with Crippen molar-refractivity contribution in [3.05, 3.63) is 0 Å². The number of Topliss-reactive ketones (excluding diaryl/α,β-unsaturated/α-hetero) is 1. The normalized spacial score (nSPS) is 21.8. The summed E-state index contributed by atoms with van der Waals surface area (Å²) in [5.74, 6) is 2.59. The molecule has 1 aliphatic rings. The largest absolute Gasteiger partial charge is 0.300 e. The molecular formula is C16H27NO3S. The first-order valence-electron chi connectivity index (χ1n) is 7.91. The van der Waals surface area contributed by atoms with E-state index in [0.717, 1.165) is 43.6 Å². The zero-order valence-electron chi connectivity index (χ0n) is 13.2. The monoisotopic (exact) mass is 313 g/mol. The number of thioether (sulfide) groups is 1. The number of nitrogens with zero attached hydrogens (tertiary/aromatic N) is 1. The Morgan fingerprint density at radius 1 is 1.19 bits per heavy atom. The highest BCUT2D eigenvalue weighted by molar-refractivity contribution is 7.99. The average Bonchev–Trinajstić information content (AvgIpc) is 2.49. The molecule has 0 bridgehead atoms. The Labute approximate surface area is 132 Å². The fraction of sp³-hybridized carbons (Fsp3) is 0.812. The summed E-state index contributed by atoms with van der Waals surface area (Å²) < 4.78 is 0. The van der Waals surface area contributed by atoms with Gasteiger partial charge < -0.3 is 0 Å². The Balaban J connectivity index is 2.32. The maximum absolute atomic E-state index is 12.0. The SMILES string of the molecule is CCCSCCC(=O)N(C=O)CC1CCC(C(C)=O)CC1. The van der Waals surface area contributed by atoms with E-state index < -0.39 is 0 Å². The van der Waals surface area contributed by atoms with Crippen molar-refractivity contribution in [1.82, 2.24) is 4.90 Å². The second kappa shape index (κ2) is 9.98. The molecule has 1 saturated carbocycles. The number of hydrogen-bond acceptors (Lipinski definition) is 4. The van der Waals surface area contributed by atoms with Crippen LogP contribution in [0.2, 0.25) is 0 Å². The predicted molar refractivity (Wildman–Crippen MR) is 86.1 cm³/mol. The van der Waals surface area contributed by atoms with Crippen molar-refractivity contribution in [3.8, 4) is 0 Å². The van der Waals surface area contributed by atoms with Gasteiger partial charge in [0, 0.05) is 24.6 Å². The molecule has 0 aromatic carbocycles. The van der Waals surface area contributed by atoms with Crippen molar-refractivity contribution in [1.29, 1.82) is 0 Å². The molecule has 0 aromatic rings. The van der Waals surface area contributed by atoms with Crippen LogP contribution in [0, 0.1) is 11.8 Å². The van der Waals surface area contributed by atoms with E-state index in [9.17, 15) is 14.4 Å². The van der Waals surface area contributed by atoms with E-state index in [2.05, 4.69) is 6.92 Å². The number of amides is 2. The molecule has 0 spiro atoms. The molecule has 120 valence electrons. The lowest BCUT2D eigenvalue weighted by molar-refractivity contribution is -0.139. The summed E-state index contributed by atoms with van der Waals surface area (Å²) in [6.07, 6.45) is 5.88. The van der Waals surface area contributed by atoms with Crippen molar-refractivity contribution in [2.75, 3.05) is 18.1 Å². The van der Waals surface area contributed by atoms with Crippen LogP contribution in [0.5, 0.6) is 0 Å². The molecule has 1 aliphatic carbocycles. The molecule has 0 aliphatic heterocycles. The van der Waals surface area contributed by atoms with Crippen LogP contribution in [0.3, 0.4) is 0 Å². The fourth-order valence-electron chi connectivity index (χ4n) is 2.78. The summed E-state index contributed by atoms with van der Waals surface area (Å²) >= 11 is 1.76. The molecule has 1 rings (SSSR count). The zero-order chi connectivity index (χ0) is 15.7. The number of imide groups is 1. The standard InChI is InChI=1S/C16H27NO3S/c1-3-9-21-10-8-16(20)17(12-18)11-14-4-6-15(7-5-14)13(2)19/h12,14-15H,3-11H2,1-2H3. The van der Waals surface area contributed by atoms with Crippen LogP contribution >= 0.6 is 11.8 Å². The number of carbonyl (C=O) groups excluding carboxylic acids is 3. The van der Waals surface area contributed by atoms with Gasteiger partial charge >= 0.3 is 0 Å². The van der Waals surface area contributed by atoms with Gasteiger partial charge in [0.25, 0.3) is 0 Å². The van der Waals surface area contributed by atoms with Crippen LogP contribution in [0.25, 0.3) is 0 Å². The Morgan fingerprint density at radius 2 is 1.86 bits per heavy atom. The van der Waals surface area contributed by atoms with Crippen LogP contribution in [-0.4, -0.2) is 41.1 Å². The molecule has 0 heterocycles. The highest BCUT2D eigenvalue weighted by atomic mass is 32.2. The lowest BCUT2D eigenvalue weighted by Gasteiger charge is -2.29. The summed E-state index contributed by atoms with van der Waals surface area (Å²) in [6, 6.07) is 0. The number of carbonyl (C=O) groups is 3. The van der Waals surface area contributed by atoms with Gasteiger partial charge in [-0.1, -0.05) is 6.92 Å². The minimum Gasteiger partial charge on any atom is -0.300 e. The lowest BCUT2D eigenvalue weighted by atomic mass is 9.80. The van der Waals surface area contributed by atoms with Crippen LogP contribution in [0.4, 0.5) is 0 Å². The molecular weight excluding hydrogens is 286 g/mol. The van der Waals surface area contributed by atoms with E-state index >= 15 is 0 Å². The number of hydrogen-bond donors (Lipinski definition) is 0. The maximum atomic E-state index is 12.0. The first-order valence-corrected chi connectivity index (χ1v) is 9.06. The van der Waals surface area contributed by atoms with Gasteiger partial charge in [-0.15, -0.1) is 0 Å². The van der Waals surface area contributed by atoms with Crippen molar-refractivity contribution in [2.45, 2.75) is 52.4 Å². The van der Waals surface area contributed by atoms with E-state index in [-0.39, 0.29) is 17.6 Å². The topological polar surface area (TPSA) is 54.5 Å². The fourth-order valence-corrected chi connectivity index (χ4v) is 3.59. The van der Waals surface area contributed by atoms with Gasteiger partial charge in [0.05, 0.1) is 0 Å². The van der Waals surface area contributed by atoms with Gasteiger partial charge in [0.1, 0.15) is 5.78 Å². The summed E-state index contributed by atoms with van der Waals surface area (Å²) in [4.78, 5) is 35.8. The molecule has 5 heteroatoms. The Kier molecular flexibility index (Phi) is 8.66.